The molecule has 0 fully saturated rings. The van der Waals surface area contributed by atoms with Gasteiger partial charge in [0.2, 0.25) is 0 Å². The SMILES string of the molecule is CN(C)c1ccnc(CNS(=O)(=O)c2cnc[nH]2)n1. The van der Waals surface area contributed by atoms with Gasteiger partial charge in [-0.25, -0.2) is 28.1 Å². The van der Waals surface area contributed by atoms with E-state index >= 15 is 0 Å². The summed E-state index contributed by atoms with van der Waals surface area (Å²) < 4.78 is 26.1. The minimum Gasteiger partial charge on any atom is -0.363 e. The molecule has 102 valence electrons. The summed E-state index contributed by atoms with van der Waals surface area (Å²) in [5.41, 5.74) is 0. The highest BCUT2D eigenvalue weighted by Gasteiger charge is 2.15. The fraction of sp³-hybridized carbons (Fsp3) is 0.300. The maximum Gasteiger partial charge on any atom is 0.258 e. The Morgan fingerprint density at radius 1 is 1.42 bits per heavy atom. The maximum absolute atomic E-state index is 11.8. The molecule has 19 heavy (non-hydrogen) atoms. The molecule has 2 heterocycles. The largest absolute Gasteiger partial charge is 0.363 e. The Hall–Kier alpha value is -2.00. The highest BCUT2D eigenvalue weighted by Crippen LogP contribution is 2.07. The lowest BCUT2D eigenvalue weighted by Crippen LogP contribution is -2.25. The molecule has 0 aliphatic heterocycles. The number of nitrogens with zero attached hydrogens (tertiary/aromatic N) is 4. The van der Waals surface area contributed by atoms with E-state index in [0.29, 0.717) is 11.6 Å². The first kappa shape index (κ1) is 13.4. The summed E-state index contributed by atoms with van der Waals surface area (Å²) in [5.74, 6) is 1.11. The van der Waals surface area contributed by atoms with Gasteiger partial charge in [0.15, 0.2) is 5.03 Å². The van der Waals surface area contributed by atoms with E-state index in [4.69, 9.17) is 0 Å². The van der Waals surface area contributed by atoms with Crippen LogP contribution in [-0.4, -0.2) is 42.4 Å². The van der Waals surface area contributed by atoms with Crippen molar-refractivity contribution >= 4 is 15.8 Å². The fourth-order valence-electron chi connectivity index (χ4n) is 1.35. The Morgan fingerprint density at radius 3 is 2.84 bits per heavy atom. The first-order valence-electron chi connectivity index (χ1n) is 5.46. The number of hydrogen-bond acceptors (Lipinski definition) is 6. The van der Waals surface area contributed by atoms with Gasteiger partial charge in [0, 0.05) is 20.3 Å². The fourth-order valence-corrected chi connectivity index (χ4v) is 2.23. The second-order valence-corrected chi connectivity index (χ2v) is 5.70. The number of anilines is 1. The van der Waals surface area contributed by atoms with E-state index in [-0.39, 0.29) is 11.6 Å². The van der Waals surface area contributed by atoms with E-state index < -0.39 is 10.0 Å². The van der Waals surface area contributed by atoms with E-state index in [1.807, 2.05) is 19.0 Å². The number of H-pyrrole nitrogens is 1. The predicted octanol–water partition coefficient (Wildman–Crippen LogP) is -0.256. The van der Waals surface area contributed by atoms with Crippen LogP contribution in [0.5, 0.6) is 0 Å². The molecule has 0 atom stereocenters. The molecule has 8 nitrogen and oxygen atoms in total. The number of aromatic amines is 1. The number of sulfonamides is 1. The number of hydrogen-bond donors (Lipinski definition) is 2. The third kappa shape index (κ3) is 3.26. The van der Waals surface area contributed by atoms with Crippen molar-refractivity contribution in [3.8, 4) is 0 Å². The van der Waals surface area contributed by atoms with Crippen LogP contribution in [0.25, 0.3) is 0 Å². The van der Waals surface area contributed by atoms with E-state index in [1.54, 1.807) is 12.3 Å². The Bertz CT molecular complexity index is 638. The van der Waals surface area contributed by atoms with Gasteiger partial charge in [0.1, 0.15) is 11.6 Å². The number of aromatic nitrogens is 4. The molecular weight excluding hydrogens is 268 g/mol. The van der Waals surface area contributed by atoms with Crippen molar-refractivity contribution in [2.24, 2.45) is 0 Å². The minimum atomic E-state index is -3.61. The first-order valence-corrected chi connectivity index (χ1v) is 6.94. The van der Waals surface area contributed by atoms with Gasteiger partial charge in [-0.2, -0.15) is 0 Å². The summed E-state index contributed by atoms with van der Waals surface area (Å²) in [6.45, 7) is 0.0169. The Morgan fingerprint density at radius 2 is 2.21 bits per heavy atom. The molecule has 2 rings (SSSR count). The van der Waals surface area contributed by atoms with Crippen LogP contribution in [0.1, 0.15) is 5.82 Å². The summed E-state index contributed by atoms with van der Waals surface area (Å²) in [4.78, 5) is 16.2. The quantitative estimate of drug-likeness (QED) is 0.783. The lowest BCUT2D eigenvalue weighted by Gasteiger charge is -2.11. The second kappa shape index (κ2) is 5.33. The van der Waals surface area contributed by atoms with Crippen molar-refractivity contribution in [3.63, 3.8) is 0 Å². The van der Waals surface area contributed by atoms with E-state index in [0.717, 1.165) is 0 Å². The lowest BCUT2D eigenvalue weighted by molar-refractivity contribution is 0.576. The molecule has 0 aromatic carbocycles. The van der Waals surface area contributed by atoms with E-state index in [9.17, 15) is 8.42 Å². The molecule has 9 heteroatoms. The average Bonchev–Trinajstić information content (AvgIpc) is 2.91. The predicted molar refractivity (Wildman–Crippen MR) is 69.0 cm³/mol. The minimum absolute atomic E-state index is 0.0104. The van der Waals surface area contributed by atoms with Crippen LogP contribution in [0.2, 0.25) is 0 Å². The highest BCUT2D eigenvalue weighted by molar-refractivity contribution is 7.89. The van der Waals surface area contributed by atoms with Gasteiger partial charge in [0.05, 0.1) is 19.1 Å². The van der Waals surface area contributed by atoms with Gasteiger partial charge in [-0.05, 0) is 6.07 Å². The Labute approximate surface area is 111 Å². The van der Waals surface area contributed by atoms with Crippen LogP contribution in [0, 0.1) is 0 Å². The Balaban J connectivity index is 2.09. The molecule has 0 aliphatic rings. The van der Waals surface area contributed by atoms with Crippen LogP contribution in [0.3, 0.4) is 0 Å². The molecular formula is C10H14N6O2S. The zero-order valence-corrected chi connectivity index (χ0v) is 11.3. The Kier molecular flexibility index (Phi) is 3.76. The molecule has 0 amide bonds. The third-order valence-electron chi connectivity index (χ3n) is 2.33. The van der Waals surface area contributed by atoms with Crippen LogP contribution >= 0.6 is 0 Å². The molecule has 2 N–H and O–H groups in total. The second-order valence-electron chi connectivity index (χ2n) is 3.97. The summed E-state index contributed by atoms with van der Waals surface area (Å²) in [6.07, 6.45) is 4.12. The molecule has 0 aliphatic carbocycles. The number of imidazole rings is 1. The standard InChI is InChI=1S/C10H14N6O2S/c1-16(2)9-3-4-12-8(15-9)5-14-19(17,18)10-6-11-7-13-10/h3-4,6-7,14H,5H2,1-2H3,(H,11,13). The van der Waals surface area contributed by atoms with Gasteiger partial charge < -0.3 is 9.88 Å². The topological polar surface area (TPSA) is 104 Å². The average molecular weight is 282 g/mol. The molecule has 0 radical (unpaired) electrons. The third-order valence-corrected chi connectivity index (χ3v) is 3.66. The summed E-state index contributed by atoms with van der Waals surface area (Å²) in [7, 11) is 0.0863. The molecule has 0 unspecified atom stereocenters. The monoisotopic (exact) mass is 282 g/mol. The van der Waals surface area contributed by atoms with Crippen LogP contribution < -0.4 is 9.62 Å². The zero-order valence-electron chi connectivity index (χ0n) is 10.5. The molecule has 0 saturated heterocycles. The summed E-state index contributed by atoms with van der Waals surface area (Å²) in [6, 6.07) is 1.74. The van der Waals surface area contributed by atoms with Crippen molar-refractivity contribution in [1.29, 1.82) is 0 Å². The van der Waals surface area contributed by atoms with Gasteiger partial charge in [-0.15, -0.1) is 0 Å². The molecule has 2 aromatic rings. The van der Waals surface area contributed by atoms with E-state index in [1.165, 1.54) is 12.5 Å². The zero-order chi connectivity index (χ0) is 13.9. The first-order chi connectivity index (χ1) is 8.99. The van der Waals surface area contributed by atoms with Crippen molar-refractivity contribution in [3.05, 3.63) is 30.6 Å². The van der Waals surface area contributed by atoms with E-state index in [2.05, 4.69) is 24.7 Å². The van der Waals surface area contributed by atoms with Gasteiger partial charge in [0.25, 0.3) is 10.0 Å². The normalized spacial score (nSPS) is 11.5. The van der Waals surface area contributed by atoms with Crippen LogP contribution in [-0.2, 0) is 16.6 Å². The van der Waals surface area contributed by atoms with Crippen molar-refractivity contribution in [2.75, 3.05) is 19.0 Å². The maximum atomic E-state index is 11.8. The van der Waals surface area contributed by atoms with Crippen molar-refractivity contribution < 1.29 is 8.42 Å². The molecule has 2 aromatic heterocycles. The lowest BCUT2D eigenvalue weighted by atomic mass is 10.5. The highest BCUT2D eigenvalue weighted by atomic mass is 32.2. The van der Waals surface area contributed by atoms with Gasteiger partial charge >= 0.3 is 0 Å². The smallest absolute Gasteiger partial charge is 0.258 e. The molecule has 0 spiro atoms. The van der Waals surface area contributed by atoms with Crippen molar-refractivity contribution in [2.45, 2.75) is 11.6 Å². The van der Waals surface area contributed by atoms with Gasteiger partial charge in [-0.3, -0.25) is 0 Å². The summed E-state index contributed by atoms with van der Waals surface area (Å²) >= 11 is 0. The van der Waals surface area contributed by atoms with Crippen LogP contribution in [0.4, 0.5) is 5.82 Å². The van der Waals surface area contributed by atoms with Gasteiger partial charge in [-0.1, -0.05) is 0 Å². The number of rotatable bonds is 5. The van der Waals surface area contributed by atoms with Crippen LogP contribution in [0.15, 0.2) is 29.8 Å². The number of nitrogens with one attached hydrogen (secondary N) is 2. The summed E-state index contributed by atoms with van der Waals surface area (Å²) in [5, 5.41) is 0.0104. The molecule has 0 bridgehead atoms. The molecule has 0 saturated carbocycles. The van der Waals surface area contributed by atoms with Crippen molar-refractivity contribution in [1.82, 2.24) is 24.7 Å².